The number of anilines is 1. The molecule has 0 atom stereocenters. The fraction of sp³-hybridized carbons (Fsp3) is 0.158. The molecule has 0 saturated carbocycles. The zero-order valence-corrected chi connectivity index (χ0v) is 15.6. The molecule has 7 heteroatoms. The van der Waals surface area contributed by atoms with Crippen LogP contribution in [0.2, 0.25) is 0 Å². The van der Waals surface area contributed by atoms with Crippen molar-refractivity contribution in [2.45, 2.75) is 23.5 Å². The number of thiophene rings is 1. The highest BCUT2D eigenvalue weighted by atomic mass is 32.2. The van der Waals surface area contributed by atoms with E-state index >= 15 is 0 Å². The molecule has 0 amide bonds. The maximum absolute atomic E-state index is 12.2. The second kappa shape index (κ2) is 8.25. The molecule has 134 valence electrons. The molecule has 2 heterocycles. The van der Waals surface area contributed by atoms with Crippen LogP contribution in [0.1, 0.15) is 17.5 Å². The van der Waals surface area contributed by atoms with E-state index in [1.54, 1.807) is 54.2 Å². The molecule has 2 aromatic heterocycles. The number of nitrogens with zero attached hydrogens (tertiary/aromatic N) is 1. The van der Waals surface area contributed by atoms with Gasteiger partial charge in [0.05, 0.1) is 0 Å². The largest absolute Gasteiger partial charge is 0.299 e. The molecule has 0 fully saturated rings. The average Bonchev–Trinajstić information content (AvgIpc) is 3.18. The van der Waals surface area contributed by atoms with E-state index in [2.05, 4.69) is 9.71 Å². The molecule has 1 N–H and O–H groups in total. The predicted molar refractivity (Wildman–Crippen MR) is 103 cm³/mol. The predicted octanol–water partition coefficient (Wildman–Crippen LogP) is 3.69. The summed E-state index contributed by atoms with van der Waals surface area (Å²) in [7, 11) is -3.55. The van der Waals surface area contributed by atoms with Gasteiger partial charge in [-0.15, -0.1) is 11.3 Å². The molecule has 0 bridgehead atoms. The zero-order chi connectivity index (χ0) is 18.4. The number of Topliss-reactive ketones (excluding diaryl/α,β-unsaturated/α-hetero) is 1. The summed E-state index contributed by atoms with van der Waals surface area (Å²) in [6.07, 6.45) is 4.93. The molecule has 0 saturated heterocycles. The van der Waals surface area contributed by atoms with Gasteiger partial charge in [-0.2, -0.15) is 0 Å². The maximum Gasteiger partial charge on any atom is 0.271 e. The van der Waals surface area contributed by atoms with Gasteiger partial charge in [-0.25, -0.2) is 8.42 Å². The van der Waals surface area contributed by atoms with Crippen LogP contribution in [-0.2, 0) is 27.7 Å². The molecule has 0 aliphatic carbocycles. The van der Waals surface area contributed by atoms with Gasteiger partial charge in [0, 0.05) is 30.9 Å². The van der Waals surface area contributed by atoms with E-state index in [4.69, 9.17) is 0 Å². The number of carbonyl (C=O) groups is 1. The number of benzene rings is 1. The summed E-state index contributed by atoms with van der Waals surface area (Å²) in [4.78, 5) is 16.2. The van der Waals surface area contributed by atoms with Gasteiger partial charge >= 0.3 is 0 Å². The minimum Gasteiger partial charge on any atom is -0.299 e. The number of aromatic nitrogens is 1. The maximum atomic E-state index is 12.2. The van der Waals surface area contributed by atoms with Crippen molar-refractivity contribution in [3.63, 3.8) is 0 Å². The van der Waals surface area contributed by atoms with E-state index in [1.807, 2.05) is 12.1 Å². The summed E-state index contributed by atoms with van der Waals surface area (Å²) in [6.45, 7) is 0. The molecule has 0 aliphatic rings. The molecule has 1 aromatic carbocycles. The number of ketones is 1. The highest BCUT2D eigenvalue weighted by Crippen LogP contribution is 2.20. The Hall–Kier alpha value is -2.51. The normalized spacial score (nSPS) is 11.2. The number of aryl methyl sites for hydroxylation is 1. The number of hydrogen-bond donors (Lipinski definition) is 1. The van der Waals surface area contributed by atoms with Gasteiger partial charge in [0.1, 0.15) is 9.99 Å². The van der Waals surface area contributed by atoms with E-state index < -0.39 is 10.0 Å². The molecular formula is C19H18N2O3S2. The number of nitrogens with one attached hydrogen (secondary N) is 1. The first-order valence-electron chi connectivity index (χ1n) is 8.09. The Morgan fingerprint density at radius 1 is 1.04 bits per heavy atom. The highest BCUT2D eigenvalue weighted by molar-refractivity contribution is 7.94. The minimum atomic E-state index is -3.55. The smallest absolute Gasteiger partial charge is 0.271 e. The Morgan fingerprint density at radius 3 is 2.50 bits per heavy atom. The first-order valence-corrected chi connectivity index (χ1v) is 10.4. The minimum absolute atomic E-state index is 0.140. The highest BCUT2D eigenvalue weighted by Gasteiger charge is 2.15. The van der Waals surface area contributed by atoms with Gasteiger partial charge in [-0.05, 0) is 47.2 Å². The Balaban J connectivity index is 1.55. The van der Waals surface area contributed by atoms with Crippen molar-refractivity contribution in [1.82, 2.24) is 4.98 Å². The fourth-order valence-corrected chi connectivity index (χ4v) is 4.51. The van der Waals surface area contributed by atoms with Crippen LogP contribution in [0.5, 0.6) is 0 Å². The van der Waals surface area contributed by atoms with E-state index in [9.17, 15) is 13.2 Å². The third kappa shape index (κ3) is 5.00. The molecule has 3 rings (SSSR count). The number of hydrogen-bond acceptors (Lipinski definition) is 5. The molecule has 5 nitrogen and oxygen atoms in total. The first kappa shape index (κ1) is 18.3. The number of sulfonamides is 1. The van der Waals surface area contributed by atoms with Crippen molar-refractivity contribution < 1.29 is 13.2 Å². The molecule has 3 aromatic rings. The fourth-order valence-electron chi connectivity index (χ4n) is 2.46. The van der Waals surface area contributed by atoms with Gasteiger partial charge in [-0.3, -0.25) is 14.5 Å². The van der Waals surface area contributed by atoms with Gasteiger partial charge in [-0.1, -0.05) is 24.3 Å². The number of pyridine rings is 1. The molecule has 0 unspecified atom stereocenters. The Kier molecular flexibility index (Phi) is 5.80. The SMILES string of the molecule is O=C(CCc1cccnc1)Cc1ccc(NS(=O)(=O)c2cccs2)cc1. The quantitative estimate of drug-likeness (QED) is 0.641. The van der Waals surface area contributed by atoms with Crippen molar-refractivity contribution in [3.05, 3.63) is 77.4 Å². The van der Waals surface area contributed by atoms with E-state index in [0.717, 1.165) is 22.5 Å². The van der Waals surface area contributed by atoms with Crippen molar-refractivity contribution in [3.8, 4) is 0 Å². The van der Waals surface area contributed by atoms with Crippen LogP contribution in [0.3, 0.4) is 0 Å². The molecule has 26 heavy (non-hydrogen) atoms. The third-order valence-corrected chi connectivity index (χ3v) is 6.56. The standard InChI is InChI=1S/C19H18N2O3S2/c22-18(10-7-16-3-1-11-20-14-16)13-15-5-8-17(9-6-15)21-26(23,24)19-4-2-12-25-19/h1-6,8-9,11-12,14,21H,7,10,13H2. The average molecular weight is 386 g/mol. The molecule has 0 spiro atoms. The van der Waals surface area contributed by atoms with Crippen LogP contribution < -0.4 is 4.72 Å². The van der Waals surface area contributed by atoms with Gasteiger partial charge in [0.15, 0.2) is 0 Å². The summed E-state index contributed by atoms with van der Waals surface area (Å²) < 4.78 is 27.2. The van der Waals surface area contributed by atoms with Crippen molar-refractivity contribution >= 4 is 32.8 Å². The van der Waals surface area contributed by atoms with E-state index in [-0.39, 0.29) is 9.99 Å². The number of rotatable bonds is 8. The topological polar surface area (TPSA) is 76.1 Å². The Bertz CT molecular complexity index is 952. The lowest BCUT2D eigenvalue weighted by Gasteiger charge is -2.07. The second-order valence-electron chi connectivity index (χ2n) is 5.81. The van der Waals surface area contributed by atoms with Crippen LogP contribution in [-0.4, -0.2) is 19.2 Å². The first-order chi connectivity index (χ1) is 12.5. The number of carbonyl (C=O) groups excluding carboxylic acids is 1. The molecule has 0 aliphatic heterocycles. The summed E-state index contributed by atoms with van der Waals surface area (Å²) >= 11 is 1.16. The van der Waals surface area contributed by atoms with Crippen LogP contribution in [0, 0.1) is 0 Å². The molecular weight excluding hydrogens is 368 g/mol. The zero-order valence-electron chi connectivity index (χ0n) is 14.0. The monoisotopic (exact) mass is 386 g/mol. The Labute approximate surface area is 156 Å². The summed E-state index contributed by atoms with van der Waals surface area (Å²) in [6, 6.07) is 14.0. The lowest BCUT2D eigenvalue weighted by Crippen LogP contribution is -2.11. The summed E-state index contributed by atoms with van der Waals surface area (Å²) in [5.41, 5.74) is 2.38. The van der Waals surface area contributed by atoms with Crippen LogP contribution in [0.4, 0.5) is 5.69 Å². The van der Waals surface area contributed by atoms with Crippen LogP contribution >= 0.6 is 11.3 Å². The lowest BCUT2D eigenvalue weighted by atomic mass is 10.0. The summed E-state index contributed by atoms with van der Waals surface area (Å²) in [5, 5.41) is 1.72. The van der Waals surface area contributed by atoms with Gasteiger partial charge < -0.3 is 0 Å². The lowest BCUT2D eigenvalue weighted by molar-refractivity contribution is -0.118. The second-order valence-corrected chi connectivity index (χ2v) is 8.67. The van der Waals surface area contributed by atoms with Crippen molar-refractivity contribution in [2.75, 3.05) is 4.72 Å². The van der Waals surface area contributed by atoms with Gasteiger partial charge in [0.2, 0.25) is 0 Å². The van der Waals surface area contributed by atoms with Crippen LogP contribution in [0.15, 0.2) is 70.5 Å². The van der Waals surface area contributed by atoms with E-state index in [0.29, 0.717) is 24.9 Å². The summed E-state index contributed by atoms with van der Waals surface area (Å²) in [5.74, 6) is 0.140. The molecule has 0 radical (unpaired) electrons. The van der Waals surface area contributed by atoms with E-state index in [1.165, 1.54) is 0 Å². The Morgan fingerprint density at radius 2 is 1.85 bits per heavy atom. The third-order valence-electron chi connectivity index (χ3n) is 3.78. The van der Waals surface area contributed by atoms with Crippen molar-refractivity contribution in [1.29, 1.82) is 0 Å². The van der Waals surface area contributed by atoms with Crippen LogP contribution in [0.25, 0.3) is 0 Å². The van der Waals surface area contributed by atoms with Gasteiger partial charge in [0.25, 0.3) is 10.0 Å². The van der Waals surface area contributed by atoms with Crippen molar-refractivity contribution in [2.24, 2.45) is 0 Å².